The maximum atomic E-state index is 11.8. The van der Waals surface area contributed by atoms with Gasteiger partial charge < -0.3 is 15.5 Å². The summed E-state index contributed by atoms with van der Waals surface area (Å²) in [7, 11) is 0. The Bertz CT molecular complexity index is 423. The van der Waals surface area contributed by atoms with Crippen molar-refractivity contribution in [1.29, 1.82) is 0 Å². The van der Waals surface area contributed by atoms with Crippen molar-refractivity contribution < 1.29 is 4.79 Å². The van der Waals surface area contributed by atoms with Gasteiger partial charge in [-0.15, -0.1) is 0 Å². The van der Waals surface area contributed by atoms with Crippen molar-refractivity contribution >= 4 is 17.5 Å². The average molecular weight is 249 g/mol. The number of carbonyl (C=O) groups is 1. The summed E-state index contributed by atoms with van der Waals surface area (Å²) in [6, 6.07) is -0.148. The zero-order chi connectivity index (χ0) is 13.0. The number of rotatable bonds is 4. The minimum absolute atomic E-state index is 0.0689. The fourth-order valence-electron chi connectivity index (χ4n) is 2.16. The molecule has 1 saturated heterocycles. The van der Waals surface area contributed by atoms with Gasteiger partial charge in [0.1, 0.15) is 17.7 Å². The molecule has 0 bridgehead atoms. The summed E-state index contributed by atoms with van der Waals surface area (Å²) >= 11 is 0. The highest BCUT2D eigenvalue weighted by Gasteiger charge is 2.29. The van der Waals surface area contributed by atoms with Crippen LogP contribution in [0, 0.1) is 0 Å². The highest BCUT2D eigenvalue weighted by molar-refractivity contribution is 5.86. The number of nitrogens with one attached hydrogen (secondary N) is 2. The lowest BCUT2D eigenvalue weighted by Crippen LogP contribution is -2.55. The van der Waals surface area contributed by atoms with E-state index < -0.39 is 0 Å². The Morgan fingerprint density at radius 3 is 3.06 bits per heavy atom. The third-order valence-corrected chi connectivity index (χ3v) is 2.99. The summed E-state index contributed by atoms with van der Waals surface area (Å²) in [5.41, 5.74) is 0. The largest absolute Gasteiger partial charge is 0.369 e. The van der Waals surface area contributed by atoms with E-state index in [0.29, 0.717) is 6.54 Å². The van der Waals surface area contributed by atoms with E-state index in [1.807, 2.05) is 18.7 Å². The molecule has 0 saturated carbocycles. The van der Waals surface area contributed by atoms with E-state index in [9.17, 15) is 4.79 Å². The summed E-state index contributed by atoms with van der Waals surface area (Å²) in [5.74, 6) is 1.57. The molecule has 1 fully saturated rings. The number of amides is 1. The zero-order valence-electron chi connectivity index (χ0n) is 10.8. The van der Waals surface area contributed by atoms with Gasteiger partial charge in [0.2, 0.25) is 5.91 Å². The quantitative estimate of drug-likeness (QED) is 0.818. The first-order valence-electron chi connectivity index (χ1n) is 6.36. The number of hydrogen-bond acceptors (Lipinski definition) is 5. The van der Waals surface area contributed by atoms with E-state index in [1.165, 1.54) is 0 Å². The Labute approximate surface area is 107 Å². The molecule has 0 aromatic carbocycles. The summed E-state index contributed by atoms with van der Waals surface area (Å²) in [5, 5.41) is 6.01. The third-order valence-electron chi connectivity index (χ3n) is 2.99. The molecule has 1 amide bonds. The summed E-state index contributed by atoms with van der Waals surface area (Å²) in [6.07, 6.45) is 4.17. The molecule has 0 radical (unpaired) electrons. The Balaban J connectivity index is 2.23. The van der Waals surface area contributed by atoms with Gasteiger partial charge in [-0.2, -0.15) is 0 Å². The number of carbonyl (C=O) groups excluding carboxylic acids is 1. The molecule has 1 atom stereocenters. The molecule has 2 rings (SSSR count). The lowest BCUT2D eigenvalue weighted by atomic mass is 10.1. The van der Waals surface area contributed by atoms with Crippen LogP contribution < -0.4 is 15.5 Å². The minimum Gasteiger partial charge on any atom is -0.369 e. The van der Waals surface area contributed by atoms with Crippen LogP contribution in [0.2, 0.25) is 0 Å². The van der Waals surface area contributed by atoms with Crippen molar-refractivity contribution in [1.82, 2.24) is 15.3 Å². The van der Waals surface area contributed by atoms with Gasteiger partial charge in [0.25, 0.3) is 0 Å². The van der Waals surface area contributed by atoms with E-state index in [2.05, 4.69) is 20.6 Å². The van der Waals surface area contributed by atoms with Crippen LogP contribution in [0.3, 0.4) is 0 Å². The van der Waals surface area contributed by atoms with Crippen molar-refractivity contribution in [3.8, 4) is 0 Å². The number of nitrogens with zero attached hydrogens (tertiary/aromatic N) is 3. The van der Waals surface area contributed by atoms with Gasteiger partial charge in [0.15, 0.2) is 0 Å². The van der Waals surface area contributed by atoms with E-state index in [0.717, 1.165) is 31.1 Å². The maximum absolute atomic E-state index is 11.8. The van der Waals surface area contributed by atoms with Crippen molar-refractivity contribution in [2.45, 2.75) is 26.3 Å². The average Bonchev–Trinajstić information content (AvgIpc) is 2.39. The molecule has 1 aliphatic heterocycles. The summed E-state index contributed by atoms with van der Waals surface area (Å²) in [6.45, 7) is 6.24. The molecule has 98 valence electrons. The smallest absolute Gasteiger partial charge is 0.242 e. The fraction of sp³-hybridized carbons (Fsp3) is 0.583. The second kappa shape index (κ2) is 5.66. The second-order valence-corrected chi connectivity index (χ2v) is 4.20. The van der Waals surface area contributed by atoms with Crippen LogP contribution >= 0.6 is 0 Å². The van der Waals surface area contributed by atoms with Gasteiger partial charge in [-0.05, 0) is 13.3 Å². The van der Waals surface area contributed by atoms with Crippen LogP contribution in [0.1, 0.15) is 20.3 Å². The second-order valence-electron chi connectivity index (χ2n) is 4.20. The standard InChI is InChI=1S/C12H19N5O/c1-3-9-12(18)15-5-6-17(9)11-8-13-7-10(16-11)14-4-2/h7-9H,3-6H2,1-2H3,(H,14,16)(H,15,18). The Kier molecular flexibility index (Phi) is 3.96. The first-order chi connectivity index (χ1) is 8.76. The van der Waals surface area contributed by atoms with Crippen LogP contribution in [0.15, 0.2) is 12.4 Å². The monoisotopic (exact) mass is 249 g/mol. The molecule has 1 aliphatic rings. The molecule has 0 spiro atoms. The number of anilines is 2. The van der Waals surface area contributed by atoms with E-state index in [-0.39, 0.29) is 11.9 Å². The van der Waals surface area contributed by atoms with E-state index in [1.54, 1.807) is 12.4 Å². The predicted octanol–water partition coefficient (Wildman–Crippen LogP) is 0.623. The van der Waals surface area contributed by atoms with Crippen molar-refractivity contribution in [2.24, 2.45) is 0 Å². The highest BCUT2D eigenvalue weighted by Crippen LogP contribution is 2.18. The lowest BCUT2D eigenvalue weighted by Gasteiger charge is -2.35. The lowest BCUT2D eigenvalue weighted by molar-refractivity contribution is -0.123. The number of aromatic nitrogens is 2. The SMILES string of the molecule is CCNc1cncc(N2CCNC(=O)C2CC)n1. The Hall–Kier alpha value is -1.85. The van der Waals surface area contributed by atoms with Gasteiger partial charge >= 0.3 is 0 Å². The molecule has 1 aromatic rings. The molecular formula is C12H19N5O. The first-order valence-corrected chi connectivity index (χ1v) is 6.36. The molecule has 6 nitrogen and oxygen atoms in total. The third kappa shape index (κ3) is 2.52. The van der Waals surface area contributed by atoms with Crippen LogP contribution in [0.4, 0.5) is 11.6 Å². The van der Waals surface area contributed by atoms with Crippen molar-refractivity contribution in [3.05, 3.63) is 12.4 Å². The zero-order valence-corrected chi connectivity index (χ0v) is 10.8. The van der Waals surface area contributed by atoms with Gasteiger partial charge in [-0.3, -0.25) is 9.78 Å². The van der Waals surface area contributed by atoms with Crippen molar-refractivity contribution in [3.63, 3.8) is 0 Å². The van der Waals surface area contributed by atoms with E-state index >= 15 is 0 Å². The predicted molar refractivity (Wildman–Crippen MR) is 70.6 cm³/mol. The summed E-state index contributed by atoms with van der Waals surface area (Å²) in [4.78, 5) is 22.5. The van der Waals surface area contributed by atoms with Gasteiger partial charge in [-0.1, -0.05) is 6.92 Å². The molecule has 18 heavy (non-hydrogen) atoms. The van der Waals surface area contributed by atoms with Crippen LogP contribution in [-0.2, 0) is 4.79 Å². The summed E-state index contributed by atoms with van der Waals surface area (Å²) < 4.78 is 0. The van der Waals surface area contributed by atoms with Gasteiger partial charge in [0.05, 0.1) is 12.4 Å². The van der Waals surface area contributed by atoms with E-state index in [4.69, 9.17) is 0 Å². The van der Waals surface area contributed by atoms with Crippen molar-refractivity contribution in [2.75, 3.05) is 29.9 Å². The molecule has 1 aromatic heterocycles. The van der Waals surface area contributed by atoms with Gasteiger partial charge in [-0.25, -0.2) is 4.98 Å². The normalized spacial score (nSPS) is 19.6. The molecular weight excluding hydrogens is 230 g/mol. The molecule has 2 N–H and O–H groups in total. The van der Waals surface area contributed by atoms with Gasteiger partial charge in [0, 0.05) is 19.6 Å². The number of hydrogen-bond donors (Lipinski definition) is 2. The number of piperazine rings is 1. The maximum Gasteiger partial charge on any atom is 0.242 e. The molecule has 2 heterocycles. The Morgan fingerprint density at radius 1 is 1.50 bits per heavy atom. The highest BCUT2D eigenvalue weighted by atomic mass is 16.2. The Morgan fingerprint density at radius 2 is 2.33 bits per heavy atom. The first kappa shape index (κ1) is 12.6. The van der Waals surface area contributed by atoms with Crippen LogP contribution in [0.25, 0.3) is 0 Å². The van der Waals surface area contributed by atoms with Crippen LogP contribution in [0.5, 0.6) is 0 Å². The molecule has 6 heteroatoms. The molecule has 0 aliphatic carbocycles. The minimum atomic E-state index is -0.148. The van der Waals surface area contributed by atoms with Crippen LogP contribution in [-0.4, -0.2) is 41.6 Å². The molecule has 1 unspecified atom stereocenters. The fourth-order valence-corrected chi connectivity index (χ4v) is 2.16. The topological polar surface area (TPSA) is 70.2 Å².